The fourth-order valence-electron chi connectivity index (χ4n) is 2.05. The third kappa shape index (κ3) is 5.11. The molecule has 0 bridgehead atoms. The van der Waals surface area contributed by atoms with Gasteiger partial charge in [-0.3, -0.25) is 9.59 Å². The number of halogens is 1. The number of carbonyl (C=O) groups excluding carboxylic acids is 2. The molecule has 1 atom stereocenters. The minimum Gasteiger partial charge on any atom is -0.353 e. The number of rotatable bonds is 6. The maximum atomic E-state index is 12.0. The van der Waals surface area contributed by atoms with E-state index in [1.165, 1.54) is 0 Å². The first-order valence-corrected chi connectivity index (χ1v) is 7.87. The van der Waals surface area contributed by atoms with Crippen molar-refractivity contribution in [3.05, 3.63) is 60.2 Å². The molecule has 5 heteroatoms. The van der Waals surface area contributed by atoms with Gasteiger partial charge in [-0.25, -0.2) is 0 Å². The maximum absolute atomic E-state index is 12.0. The Morgan fingerprint density at radius 1 is 0.913 bits per heavy atom. The second-order valence-electron chi connectivity index (χ2n) is 5.11. The summed E-state index contributed by atoms with van der Waals surface area (Å²) in [4.78, 5) is 23.3. The largest absolute Gasteiger partial charge is 0.353 e. The van der Waals surface area contributed by atoms with Crippen LogP contribution in [0.4, 0.5) is 0 Å². The summed E-state index contributed by atoms with van der Waals surface area (Å²) in [5, 5.41) is 4.82. The molecular formula is C18H19ClN2O2. The Kier molecular flexibility index (Phi) is 6.18. The molecule has 0 saturated carbocycles. The Balaban J connectivity index is 1.85. The minimum atomic E-state index is -0.573. The first kappa shape index (κ1) is 17.0. The fourth-order valence-corrected chi connectivity index (χ4v) is 2.13. The summed E-state index contributed by atoms with van der Waals surface area (Å²) in [6, 6.07) is 17.4. The van der Waals surface area contributed by atoms with E-state index in [4.69, 9.17) is 11.6 Å². The molecule has 0 radical (unpaired) electrons. The number of hydrogen-bond acceptors (Lipinski definition) is 2. The lowest BCUT2D eigenvalue weighted by Gasteiger charge is -2.08. The van der Waals surface area contributed by atoms with Crippen LogP contribution in [0.3, 0.4) is 0 Å². The molecule has 2 aromatic carbocycles. The fraction of sp³-hybridized carbons (Fsp3) is 0.222. The highest BCUT2D eigenvalue weighted by Crippen LogP contribution is 2.19. The van der Waals surface area contributed by atoms with Gasteiger partial charge in [0.15, 0.2) is 0 Å². The number of carbonyl (C=O) groups is 2. The van der Waals surface area contributed by atoms with Crippen molar-refractivity contribution in [2.75, 3.05) is 13.1 Å². The quantitative estimate of drug-likeness (QED) is 0.632. The molecule has 0 heterocycles. The van der Waals surface area contributed by atoms with E-state index >= 15 is 0 Å². The summed E-state index contributed by atoms with van der Waals surface area (Å²) >= 11 is 5.63. The van der Waals surface area contributed by atoms with Gasteiger partial charge in [-0.2, -0.15) is 0 Å². The topological polar surface area (TPSA) is 58.2 Å². The van der Waals surface area contributed by atoms with Gasteiger partial charge < -0.3 is 10.6 Å². The molecule has 0 saturated heterocycles. The van der Waals surface area contributed by atoms with Gasteiger partial charge in [0, 0.05) is 18.7 Å². The highest BCUT2D eigenvalue weighted by molar-refractivity contribution is 6.30. The third-order valence-electron chi connectivity index (χ3n) is 3.33. The zero-order valence-corrected chi connectivity index (χ0v) is 13.6. The molecule has 2 rings (SSSR count). The first-order chi connectivity index (χ1) is 11.1. The van der Waals surface area contributed by atoms with Crippen molar-refractivity contribution >= 4 is 23.4 Å². The number of hydrogen-bond donors (Lipinski definition) is 2. The van der Waals surface area contributed by atoms with Crippen LogP contribution in [0.1, 0.15) is 17.3 Å². The van der Waals surface area contributed by atoms with Crippen LogP contribution < -0.4 is 10.6 Å². The Morgan fingerprint density at radius 3 is 2.09 bits per heavy atom. The number of nitrogens with one attached hydrogen (secondary N) is 2. The average Bonchev–Trinajstić information content (AvgIpc) is 2.59. The molecule has 0 spiro atoms. The number of amides is 2. The van der Waals surface area contributed by atoms with Crippen molar-refractivity contribution in [1.82, 2.24) is 10.6 Å². The summed E-state index contributed by atoms with van der Waals surface area (Å²) < 4.78 is 0. The zero-order valence-electron chi connectivity index (χ0n) is 12.9. The highest BCUT2D eigenvalue weighted by atomic mass is 35.5. The van der Waals surface area contributed by atoms with Gasteiger partial charge >= 0.3 is 0 Å². The van der Waals surface area contributed by atoms with Crippen molar-refractivity contribution in [1.29, 1.82) is 0 Å². The van der Waals surface area contributed by atoms with Crippen molar-refractivity contribution in [3.8, 4) is 11.1 Å². The van der Waals surface area contributed by atoms with Crippen molar-refractivity contribution in [2.24, 2.45) is 0 Å². The maximum Gasteiger partial charge on any atom is 0.251 e. The molecule has 0 aliphatic heterocycles. The second-order valence-corrected chi connectivity index (χ2v) is 5.76. The molecule has 1 unspecified atom stereocenters. The lowest BCUT2D eigenvalue weighted by molar-refractivity contribution is -0.120. The monoisotopic (exact) mass is 330 g/mol. The van der Waals surface area contributed by atoms with Crippen molar-refractivity contribution < 1.29 is 9.59 Å². The Bertz CT molecular complexity index is 654. The third-order valence-corrected chi connectivity index (χ3v) is 3.52. The van der Waals surface area contributed by atoms with Gasteiger partial charge in [0.1, 0.15) is 5.38 Å². The van der Waals surface area contributed by atoms with Crippen LogP contribution in [-0.2, 0) is 4.79 Å². The summed E-state index contributed by atoms with van der Waals surface area (Å²) in [7, 11) is 0. The van der Waals surface area contributed by atoms with Crippen LogP contribution in [0.2, 0.25) is 0 Å². The summed E-state index contributed by atoms with van der Waals surface area (Å²) in [6.45, 7) is 2.31. The molecule has 0 aliphatic carbocycles. The van der Waals surface area contributed by atoms with Crippen molar-refractivity contribution in [2.45, 2.75) is 12.3 Å². The van der Waals surface area contributed by atoms with Gasteiger partial charge in [-0.1, -0.05) is 42.5 Å². The molecule has 0 aromatic heterocycles. The summed E-state index contributed by atoms with van der Waals surface area (Å²) in [6.07, 6.45) is 0. The standard InChI is InChI=1S/C18H19ClN2O2/c1-13(19)17(22)20-11-12-21-18(23)16-9-7-15(8-10-16)14-5-3-2-4-6-14/h2-10,13H,11-12H2,1H3,(H,20,22)(H,21,23). The van der Waals surface area contributed by atoms with Gasteiger partial charge in [-0.15, -0.1) is 11.6 Å². The number of alkyl halides is 1. The first-order valence-electron chi connectivity index (χ1n) is 7.43. The van der Waals surface area contributed by atoms with E-state index in [0.29, 0.717) is 18.7 Å². The minimum absolute atomic E-state index is 0.169. The second kappa shape index (κ2) is 8.34. The molecule has 2 amide bonds. The van der Waals surface area contributed by atoms with Crippen LogP contribution in [0, 0.1) is 0 Å². The predicted octanol–water partition coefficient (Wildman–Crippen LogP) is 2.83. The van der Waals surface area contributed by atoms with Crippen LogP contribution in [0.25, 0.3) is 11.1 Å². The molecule has 2 aromatic rings. The van der Waals surface area contributed by atoms with Gasteiger partial charge in [0.2, 0.25) is 5.91 Å². The zero-order chi connectivity index (χ0) is 16.7. The SMILES string of the molecule is CC(Cl)C(=O)NCCNC(=O)c1ccc(-c2ccccc2)cc1. The van der Waals surface area contributed by atoms with E-state index in [0.717, 1.165) is 11.1 Å². The van der Waals surface area contributed by atoms with Crippen molar-refractivity contribution in [3.63, 3.8) is 0 Å². The molecular weight excluding hydrogens is 312 g/mol. The van der Waals surface area contributed by atoms with Crippen LogP contribution >= 0.6 is 11.6 Å². The number of benzene rings is 2. The van der Waals surface area contributed by atoms with Gasteiger partial charge in [0.05, 0.1) is 0 Å². The summed E-state index contributed by atoms with van der Waals surface area (Å²) in [5.41, 5.74) is 2.75. The Morgan fingerprint density at radius 2 is 1.48 bits per heavy atom. The molecule has 23 heavy (non-hydrogen) atoms. The van der Waals surface area contributed by atoms with E-state index in [1.54, 1.807) is 19.1 Å². The summed E-state index contributed by atoms with van der Waals surface area (Å²) in [5.74, 6) is -0.411. The van der Waals surface area contributed by atoms with E-state index in [-0.39, 0.29) is 11.8 Å². The van der Waals surface area contributed by atoms with Crippen LogP contribution in [-0.4, -0.2) is 30.3 Å². The normalized spacial score (nSPS) is 11.6. The van der Waals surface area contributed by atoms with E-state index in [9.17, 15) is 9.59 Å². The molecule has 0 aliphatic rings. The van der Waals surface area contributed by atoms with Crippen LogP contribution in [0.15, 0.2) is 54.6 Å². The lowest BCUT2D eigenvalue weighted by Crippen LogP contribution is -2.37. The lowest BCUT2D eigenvalue weighted by atomic mass is 10.0. The van der Waals surface area contributed by atoms with Gasteiger partial charge in [0.25, 0.3) is 5.91 Å². The van der Waals surface area contributed by atoms with Gasteiger partial charge in [-0.05, 0) is 30.2 Å². The molecule has 4 nitrogen and oxygen atoms in total. The molecule has 2 N–H and O–H groups in total. The Labute approximate surface area is 140 Å². The van der Waals surface area contributed by atoms with Crippen LogP contribution in [0.5, 0.6) is 0 Å². The molecule has 0 fully saturated rings. The Hall–Kier alpha value is -2.33. The van der Waals surface area contributed by atoms with E-state index < -0.39 is 5.38 Å². The predicted molar refractivity (Wildman–Crippen MR) is 92.5 cm³/mol. The highest BCUT2D eigenvalue weighted by Gasteiger charge is 2.08. The van der Waals surface area contributed by atoms with E-state index in [2.05, 4.69) is 10.6 Å². The molecule has 120 valence electrons. The smallest absolute Gasteiger partial charge is 0.251 e. The van der Waals surface area contributed by atoms with E-state index in [1.807, 2.05) is 42.5 Å². The average molecular weight is 331 g/mol.